The molecule has 1 aromatic carbocycles. The number of hydrogen-bond donors (Lipinski definition) is 2. The number of aliphatic hydroxyl groups excluding tert-OH is 1. The maximum Gasteiger partial charge on any atom is 0.229 e. The smallest absolute Gasteiger partial charge is 0.229 e. The second-order valence-electron chi connectivity index (χ2n) is 7.49. The Bertz CT molecular complexity index is 1210. The van der Waals surface area contributed by atoms with Crippen LogP contribution in [0.25, 0.3) is 11.0 Å². The number of aromatic nitrogens is 6. The van der Waals surface area contributed by atoms with Gasteiger partial charge in [0, 0.05) is 24.6 Å². The number of hydrogen-bond acceptors (Lipinski definition) is 8. The van der Waals surface area contributed by atoms with Crippen molar-refractivity contribution in [1.82, 2.24) is 29.5 Å². The molecule has 2 N–H and O–H groups in total. The zero-order valence-electron chi connectivity index (χ0n) is 17.3. The first-order valence-electron chi connectivity index (χ1n) is 10.4. The van der Waals surface area contributed by atoms with E-state index in [-0.39, 0.29) is 13.2 Å². The zero-order valence-corrected chi connectivity index (χ0v) is 17.3. The Morgan fingerprint density at radius 3 is 3.03 bits per heavy atom. The molecule has 0 spiro atoms. The third-order valence-electron chi connectivity index (χ3n) is 5.24. The highest BCUT2D eigenvalue weighted by atomic mass is 19.1. The molecule has 0 saturated carbocycles. The topological polar surface area (TPSA) is 106 Å². The van der Waals surface area contributed by atoms with Gasteiger partial charge >= 0.3 is 0 Å². The van der Waals surface area contributed by atoms with Gasteiger partial charge in [0.15, 0.2) is 11.9 Å². The lowest BCUT2D eigenvalue weighted by molar-refractivity contribution is 0.0496. The minimum Gasteiger partial charge on any atom is -0.394 e. The molecule has 10 nitrogen and oxygen atoms in total. The van der Waals surface area contributed by atoms with E-state index in [9.17, 15) is 4.39 Å². The number of halogens is 1. The van der Waals surface area contributed by atoms with Crippen molar-refractivity contribution in [3.05, 3.63) is 54.6 Å². The lowest BCUT2D eigenvalue weighted by Crippen LogP contribution is -2.42. The van der Waals surface area contributed by atoms with Gasteiger partial charge in [0.05, 0.1) is 56.4 Å². The summed E-state index contributed by atoms with van der Waals surface area (Å²) in [4.78, 5) is 10.7. The molecule has 4 aromatic rings. The summed E-state index contributed by atoms with van der Waals surface area (Å²) >= 11 is 0. The lowest BCUT2D eigenvalue weighted by atomic mass is 10.1. The van der Waals surface area contributed by atoms with Gasteiger partial charge in [0.25, 0.3) is 0 Å². The maximum absolute atomic E-state index is 14.3. The largest absolute Gasteiger partial charge is 0.394 e. The average Bonchev–Trinajstić information content (AvgIpc) is 3.41. The number of ether oxygens (including phenoxy) is 1. The van der Waals surface area contributed by atoms with Gasteiger partial charge in [-0.25, -0.2) is 14.1 Å². The van der Waals surface area contributed by atoms with Crippen LogP contribution in [0, 0.1) is 0 Å². The van der Waals surface area contributed by atoms with Crippen LogP contribution in [0.5, 0.6) is 0 Å². The quantitative estimate of drug-likeness (QED) is 0.422. The number of fused-ring (bicyclic) bond motifs is 1. The monoisotopic (exact) mass is 438 g/mol. The highest BCUT2D eigenvalue weighted by molar-refractivity contribution is 5.75. The Hall–Kier alpha value is -3.57. The van der Waals surface area contributed by atoms with Gasteiger partial charge in [-0.2, -0.15) is 15.2 Å². The summed E-state index contributed by atoms with van der Waals surface area (Å²) in [5.74, 6) is 0.421. The fraction of sp³-hybridized carbons (Fsp3) is 0.333. The summed E-state index contributed by atoms with van der Waals surface area (Å²) in [6, 6.07) is 7.79. The van der Waals surface area contributed by atoms with E-state index in [1.54, 1.807) is 39.1 Å². The minimum atomic E-state index is -1.15. The second-order valence-corrected chi connectivity index (χ2v) is 7.49. The van der Waals surface area contributed by atoms with E-state index in [0.29, 0.717) is 37.8 Å². The Morgan fingerprint density at radius 2 is 2.16 bits per heavy atom. The molecule has 0 radical (unpaired) electrons. The molecule has 0 aliphatic carbocycles. The van der Waals surface area contributed by atoms with E-state index in [4.69, 9.17) is 9.84 Å². The van der Waals surface area contributed by atoms with Crippen molar-refractivity contribution in [2.75, 3.05) is 36.6 Å². The SMILES string of the molecule is OCCn1cc(Nc2ncc3cnn(Cc4cccc(N5CCOCC5F)c4)c3n2)cn1. The number of nitrogens with zero attached hydrogens (tertiary/aromatic N) is 7. The molecule has 1 saturated heterocycles. The molecule has 0 bridgehead atoms. The van der Waals surface area contributed by atoms with Crippen LogP contribution in [0.1, 0.15) is 5.56 Å². The van der Waals surface area contributed by atoms with Crippen molar-refractivity contribution in [3.63, 3.8) is 0 Å². The van der Waals surface area contributed by atoms with Crippen LogP contribution in [0.4, 0.5) is 21.7 Å². The van der Waals surface area contributed by atoms with Gasteiger partial charge in [0.2, 0.25) is 5.95 Å². The molecular formula is C21H23FN8O2. The minimum absolute atomic E-state index is 0.0154. The predicted octanol–water partition coefficient (Wildman–Crippen LogP) is 1.94. The number of nitrogens with one attached hydrogen (secondary N) is 1. The zero-order chi connectivity index (χ0) is 21.9. The molecule has 1 aliphatic heterocycles. The van der Waals surface area contributed by atoms with Crippen molar-refractivity contribution >= 4 is 28.4 Å². The molecule has 1 fully saturated rings. The van der Waals surface area contributed by atoms with E-state index < -0.39 is 6.30 Å². The van der Waals surface area contributed by atoms with E-state index >= 15 is 0 Å². The number of benzene rings is 1. The molecule has 1 unspecified atom stereocenters. The number of rotatable bonds is 7. The van der Waals surface area contributed by atoms with Gasteiger partial charge in [-0.15, -0.1) is 0 Å². The molecule has 5 rings (SSSR count). The van der Waals surface area contributed by atoms with Crippen LogP contribution in [0.15, 0.2) is 49.1 Å². The normalized spacial score (nSPS) is 16.6. The van der Waals surface area contributed by atoms with E-state index in [1.807, 2.05) is 24.3 Å². The van der Waals surface area contributed by atoms with Crippen LogP contribution in [-0.2, 0) is 17.8 Å². The molecule has 0 amide bonds. The van der Waals surface area contributed by atoms with Gasteiger partial charge in [-0.3, -0.25) is 4.68 Å². The number of anilines is 3. The van der Waals surface area contributed by atoms with Crippen LogP contribution in [-0.4, -0.2) is 67.3 Å². The van der Waals surface area contributed by atoms with Gasteiger partial charge in [-0.05, 0) is 17.7 Å². The Labute approximate surface area is 183 Å². The van der Waals surface area contributed by atoms with Crippen molar-refractivity contribution in [3.8, 4) is 0 Å². The van der Waals surface area contributed by atoms with E-state index in [1.165, 1.54) is 0 Å². The van der Waals surface area contributed by atoms with E-state index in [0.717, 1.165) is 22.3 Å². The summed E-state index contributed by atoms with van der Waals surface area (Å²) in [5.41, 5.74) is 3.23. The summed E-state index contributed by atoms with van der Waals surface area (Å²) in [6.45, 7) is 2.04. The third-order valence-corrected chi connectivity index (χ3v) is 5.24. The molecular weight excluding hydrogens is 415 g/mol. The van der Waals surface area contributed by atoms with Gasteiger partial charge in [-0.1, -0.05) is 12.1 Å². The average molecular weight is 438 g/mol. The maximum atomic E-state index is 14.3. The van der Waals surface area contributed by atoms with Crippen LogP contribution in [0.2, 0.25) is 0 Å². The summed E-state index contributed by atoms with van der Waals surface area (Å²) < 4.78 is 22.9. The van der Waals surface area contributed by atoms with Crippen molar-refractivity contribution in [1.29, 1.82) is 0 Å². The van der Waals surface area contributed by atoms with E-state index in [2.05, 4.69) is 25.5 Å². The molecule has 166 valence electrons. The van der Waals surface area contributed by atoms with Crippen LogP contribution < -0.4 is 10.2 Å². The Morgan fingerprint density at radius 1 is 1.22 bits per heavy atom. The second kappa shape index (κ2) is 8.89. The molecule has 1 atom stereocenters. The molecule has 32 heavy (non-hydrogen) atoms. The Kier molecular flexibility index (Phi) is 5.65. The lowest BCUT2D eigenvalue weighted by Gasteiger charge is -2.32. The molecule has 1 aliphatic rings. The fourth-order valence-corrected chi connectivity index (χ4v) is 3.70. The Balaban J connectivity index is 1.36. The number of alkyl halides is 1. The van der Waals surface area contributed by atoms with Crippen molar-refractivity contribution in [2.45, 2.75) is 19.4 Å². The predicted molar refractivity (Wildman–Crippen MR) is 117 cm³/mol. The summed E-state index contributed by atoms with van der Waals surface area (Å²) in [7, 11) is 0. The fourth-order valence-electron chi connectivity index (χ4n) is 3.70. The third kappa shape index (κ3) is 4.25. The van der Waals surface area contributed by atoms with Crippen molar-refractivity contribution in [2.24, 2.45) is 0 Å². The highest BCUT2D eigenvalue weighted by Crippen LogP contribution is 2.23. The summed E-state index contributed by atoms with van der Waals surface area (Å²) in [5, 5.41) is 21.6. The van der Waals surface area contributed by atoms with Gasteiger partial charge < -0.3 is 20.1 Å². The molecule has 4 heterocycles. The van der Waals surface area contributed by atoms with Crippen LogP contribution in [0.3, 0.4) is 0 Å². The number of morpholine rings is 1. The highest BCUT2D eigenvalue weighted by Gasteiger charge is 2.22. The first-order valence-corrected chi connectivity index (χ1v) is 10.4. The van der Waals surface area contributed by atoms with Crippen LogP contribution >= 0.6 is 0 Å². The summed E-state index contributed by atoms with van der Waals surface area (Å²) in [6.07, 6.45) is 5.71. The first-order chi connectivity index (χ1) is 15.7. The first kappa shape index (κ1) is 20.3. The number of aliphatic hydroxyl groups is 1. The molecule has 11 heteroatoms. The standard InChI is InChI=1S/C21H23FN8O2/c22-19-14-32-7-5-29(19)18-3-1-2-15(8-18)12-30-20-16(10-25-30)9-23-21(27-20)26-17-11-24-28(13-17)4-6-31/h1-3,8-11,13,19,31H,4-7,12,14H2,(H,23,26,27). The van der Waals surface area contributed by atoms with Crippen molar-refractivity contribution < 1.29 is 14.2 Å². The van der Waals surface area contributed by atoms with Gasteiger partial charge in [0.1, 0.15) is 0 Å². The molecule has 3 aromatic heterocycles.